The second-order valence-corrected chi connectivity index (χ2v) is 8.53. The maximum absolute atomic E-state index is 12.6. The minimum absolute atomic E-state index is 0.272. The molecule has 0 bridgehead atoms. The number of amides is 1. The third-order valence-corrected chi connectivity index (χ3v) is 5.15. The number of aryl methyl sites for hydroxylation is 1. The molecule has 0 saturated carbocycles. The molecule has 7 nitrogen and oxygen atoms in total. The number of carboxylic acid groups (broad SMARTS) is 1. The van der Waals surface area contributed by atoms with Gasteiger partial charge in [-0.25, -0.2) is 9.59 Å². The van der Waals surface area contributed by atoms with Crippen LogP contribution in [0, 0.1) is 5.92 Å². The van der Waals surface area contributed by atoms with Crippen LogP contribution < -0.4 is 4.74 Å². The first-order chi connectivity index (χ1) is 16.4. The lowest BCUT2D eigenvalue weighted by atomic mass is 10.1. The lowest BCUT2D eigenvalue weighted by Crippen LogP contribution is -2.36. The van der Waals surface area contributed by atoms with Crippen molar-refractivity contribution in [3.05, 3.63) is 65.7 Å². The standard InChI is InChI=1S/C27H37NO6/c1-4-32-25(26(29)30)19-23-12-14-24(15-13-23)33-18-17-28(27(31)34-20-21(2)3)16-8-11-22-9-6-5-7-10-22/h5-7,9-10,12-15,21,25H,4,8,11,16-20H2,1-3H3,(H,29,30). The zero-order valence-electron chi connectivity index (χ0n) is 20.4. The van der Waals surface area contributed by atoms with Crippen LogP contribution in [0.5, 0.6) is 5.75 Å². The van der Waals surface area contributed by atoms with Gasteiger partial charge in [0.25, 0.3) is 0 Å². The van der Waals surface area contributed by atoms with Crippen LogP contribution in [-0.4, -0.2) is 61.1 Å². The Morgan fingerprint density at radius 1 is 0.971 bits per heavy atom. The van der Waals surface area contributed by atoms with Crippen molar-refractivity contribution in [1.29, 1.82) is 0 Å². The van der Waals surface area contributed by atoms with E-state index in [1.807, 2.05) is 44.2 Å². The first-order valence-corrected chi connectivity index (χ1v) is 11.9. The van der Waals surface area contributed by atoms with Crippen LogP contribution in [0.25, 0.3) is 0 Å². The van der Waals surface area contributed by atoms with Crippen LogP contribution in [0.15, 0.2) is 54.6 Å². The molecule has 0 aromatic heterocycles. The number of carbonyl (C=O) groups is 2. The fourth-order valence-electron chi connectivity index (χ4n) is 3.37. The third kappa shape index (κ3) is 10.3. The maximum Gasteiger partial charge on any atom is 0.409 e. The summed E-state index contributed by atoms with van der Waals surface area (Å²) in [5, 5.41) is 9.24. The fraction of sp³-hybridized carbons (Fsp3) is 0.481. The lowest BCUT2D eigenvalue weighted by molar-refractivity contribution is -0.149. The van der Waals surface area contributed by atoms with Crippen LogP contribution in [0.2, 0.25) is 0 Å². The topological polar surface area (TPSA) is 85.3 Å². The summed E-state index contributed by atoms with van der Waals surface area (Å²) in [6, 6.07) is 17.5. The summed E-state index contributed by atoms with van der Waals surface area (Å²) in [5.41, 5.74) is 2.09. The Bertz CT molecular complexity index is 853. The van der Waals surface area contributed by atoms with Crippen molar-refractivity contribution in [2.45, 2.75) is 46.1 Å². The summed E-state index contributed by atoms with van der Waals surface area (Å²) in [6.45, 7) is 7.85. The minimum atomic E-state index is -0.973. The van der Waals surface area contributed by atoms with E-state index in [1.165, 1.54) is 5.56 Å². The summed E-state index contributed by atoms with van der Waals surface area (Å²) in [5.74, 6) is -0.0426. The van der Waals surface area contributed by atoms with E-state index in [0.717, 1.165) is 18.4 Å². The van der Waals surface area contributed by atoms with Gasteiger partial charge < -0.3 is 24.2 Å². The predicted octanol–water partition coefficient (Wildman–Crippen LogP) is 4.83. The average Bonchev–Trinajstić information content (AvgIpc) is 2.83. The minimum Gasteiger partial charge on any atom is -0.492 e. The van der Waals surface area contributed by atoms with Gasteiger partial charge in [-0.1, -0.05) is 56.3 Å². The van der Waals surface area contributed by atoms with E-state index in [0.29, 0.717) is 45.1 Å². The first-order valence-electron chi connectivity index (χ1n) is 11.9. The molecule has 0 fully saturated rings. The van der Waals surface area contributed by atoms with E-state index in [4.69, 9.17) is 14.2 Å². The molecule has 0 radical (unpaired) electrons. The van der Waals surface area contributed by atoms with Gasteiger partial charge in [0.15, 0.2) is 6.10 Å². The summed E-state index contributed by atoms with van der Waals surface area (Å²) in [7, 11) is 0. The van der Waals surface area contributed by atoms with E-state index in [2.05, 4.69) is 12.1 Å². The van der Waals surface area contributed by atoms with Crippen molar-refractivity contribution in [2.24, 2.45) is 5.92 Å². The van der Waals surface area contributed by atoms with E-state index in [-0.39, 0.29) is 12.0 Å². The average molecular weight is 472 g/mol. The number of hydrogen-bond acceptors (Lipinski definition) is 5. The second kappa shape index (κ2) is 15.0. The number of aliphatic carboxylic acids is 1. The second-order valence-electron chi connectivity index (χ2n) is 8.53. The predicted molar refractivity (Wildman–Crippen MR) is 131 cm³/mol. The molecule has 0 heterocycles. The third-order valence-electron chi connectivity index (χ3n) is 5.15. The van der Waals surface area contributed by atoms with Crippen molar-refractivity contribution in [2.75, 3.05) is 32.9 Å². The molecular weight excluding hydrogens is 434 g/mol. The number of nitrogens with zero attached hydrogens (tertiary/aromatic N) is 1. The van der Waals surface area contributed by atoms with E-state index < -0.39 is 12.1 Å². The molecule has 0 spiro atoms. The molecule has 1 N–H and O–H groups in total. The molecule has 186 valence electrons. The number of benzene rings is 2. The van der Waals surface area contributed by atoms with E-state index in [9.17, 15) is 14.7 Å². The highest BCUT2D eigenvalue weighted by Gasteiger charge is 2.18. The normalized spacial score (nSPS) is 11.8. The highest BCUT2D eigenvalue weighted by molar-refractivity contribution is 5.72. The Morgan fingerprint density at radius 3 is 2.29 bits per heavy atom. The number of hydrogen-bond donors (Lipinski definition) is 1. The Hall–Kier alpha value is -3.06. The van der Waals surface area contributed by atoms with Gasteiger partial charge in [0, 0.05) is 19.6 Å². The molecule has 0 saturated heterocycles. The smallest absolute Gasteiger partial charge is 0.409 e. The van der Waals surface area contributed by atoms with Gasteiger partial charge in [-0.15, -0.1) is 0 Å². The van der Waals surface area contributed by atoms with Crippen LogP contribution in [0.4, 0.5) is 4.79 Å². The van der Waals surface area contributed by atoms with Gasteiger partial charge in [-0.2, -0.15) is 0 Å². The molecule has 1 atom stereocenters. The molecule has 7 heteroatoms. The molecule has 2 aromatic rings. The van der Waals surface area contributed by atoms with Crippen LogP contribution in [0.3, 0.4) is 0 Å². The van der Waals surface area contributed by atoms with Crippen molar-refractivity contribution in [1.82, 2.24) is 4.90 Å². The quantitative estimate of drug-likeness (QED) is 0.401. The number of carbonyl (C=O) groups excluding carboxylic acids is 1. The van der Waals surface area contributed by atoms with Crippen LogP contribution >= 0.6 is 0 Å². The molecule has 1 unspecified atom stereocenters. The fourth-order valence-corrected chi connectivity index (χ4v) is 3.37. The Labute approximate surface area is 202 Å². The lowest BCUT2D eigenvalue weighted by Gasteiger charge is -2.23. The van der Waals surface area contributed by atoms with Gasteiger partial charge >= 0.3 is 12.1 Å². The molecule has 2 aromatic carbocycles. The summed E-state index contributed by atoms with van der Waals surface area (Å²) >= 11 is 0. The Kier molecular flexibility index (Phi) is 12.0. The van der Waals surface area contributed by atoms with Gasteiger partial charge in [-0.3, -0.25) is 0 Å². The highest BCUT2D eigenvalue weighted by Crippen LogP contribution is 2.15. The molecule has 0 aliphatic heterocycles. The molecule has 0 aliphatic carbocycles. The van der Waals surface area contributed by atoms with E-state index in [1.54, 1.807) is 24.0 Å². The number of rotatable bonds is 15. The summed E-state index contributed by atoms with van der Waals surface area (Å²) in [6.07, 6.45) is 0.825. The maximum atomic E-state index is 12.6. The van der Waals surface area contributed by atoms with E-state index >= 15 is 0 Å². The van der Waals surface area contributed by atoms with Gasteiger partial charge in [0.05, 0.1) is 13.2 Å². The zero-order valence-corrected chi connectivity index (χ0v) is 20.4. The van der Waals surface area contributed by atoms with Gasteiger partial charge in [0.2, 0.25) is 0 Å². The Balaban J connectivity index is 1.86. The van der Waals surface area contributed by atoms with Crippen molar-refractivity contribution < 1.29 is 28.9 Å². The Morgan fingerprint density at radius 2 is 1.68 bits per heavy atom. The van der Waals surface area contributed by atoms with Crippen LogP contribution in [-0.2, 0) is 27.1 Å². The summed E-state index contributed by atoms with van der Waals surface area (Å²) < 4.78 is 16.5. The molecule has 0 aliphatic rings. The molecule has 1 amide bonds. The molecular formula is C27H37NO6. The van der Waals surface area contributed by atoms with Crippen molar-refractivity contribution in [3.8, 4) is 5.75 Å². The highest BCUT2D eigenvalue weighted by atomic mass is 16.6. The first kappa shape index (κ1) is 27.2. The largest absolute Gasteiger partial charge is 0.492 e. The number of ether oxygens (including phenoxy) is 3. The molecule has 34 heavy (non-hydrogen) atoms. The number of carboxylic acids is 1. The van der Waals surface area contributed by atoms with Crippen molar-refractivity contribution in [3.63, 3.8) is 0 Å². The van der Waals surface area contributed by atoms with Gasteiger partial charge in [0.1, 0.15) is 12.4 Å². The van der Waals surface area contributed by atoms with Crippen LogP contribution in [0.1, 0.15) is 38.3 Å². The zero-order chi connectivity index (χ0) is 24.8. The summed E-state index contributed by atoms with van der Waals surface area (Å²) in [4.78, 5) is 25.5. The van der Waals surface area contributed by atoms with Gasteiger partial charge in [-0.05, 0) is 48.9 Å². The van der Waals surface area contributed by atoms with Crippen molar-refractivity contribution >= 4 is 12.1 Å². The monoisotopic (exact) mass is 471 g/mol. The molecule has 2 rings (SSSR count). The SMILES string of the molecule is CCOC(Cc1ccc(OCCN(CCCc2ccccc2)C(=O)OCC(C)C)cc1)C(=O)O.